The summed E-state index contributed by atoms with van der Waals surface area (Å²) in [6.07, 6.45) is 1.81. The minimum absolute atomic E-state index is 0.0327. The molecule has 2 N–H and O–H groups in total. The highest BCUT2D eigenvalue weighted by Crippen LogP contribution is 2.30. The molecule has 1 aromatic heterocycles. The maximum Gasteiger partial charge on any atom is 0.291 e. The van der Waals surface area contributed by atoms with Crippen LogP contribution in [-0.2, 0) is 0 Å². The van der Waals surface area contributed by atoms with Crippen LogP contribution in [0.3, 0.4) is 0 Å². The van der Waals surface area contributed by atoms with Crippen LogP contribution >= 0.6 is 15.9 Å². The topological polar surface area (TPSA) is 88.3 Å². The molecule has 1 rings (SSSR count). The van der Waals surface area contributed by atoms with E-state index in [-0.39, 0.29) is 5.69 Å². The number of anilines is 1. The number of aromatic nitrogens is 1. The molecule has 0 saturated heterocycles. The zero-order valence-corrected chi connectivity index (χ0v) is 12.1. The first kappa shape index (κ1) is 14.8. The van der Waals surface area contributed by atoms with Crippen LogP contribution in [0.15, 0.2) is 10.7 Å². The summed E-state index contributed by atoms with van der Waals surface area (Å²) in [7, 11) is 0. The van der Waals surface area contributed by atoms with E-state index in [9.17, 15) is 15.2 Å². The Bertz CT molecular complexity index is 463. The van der Waals surface area contributed by atoms with Gasteiger partial charge in [0.2, 0.25) is 0 Å². The van der Waals surface area contributed by atoms with E-state index in [0.29, 0.717) is 28.8 Å². The molecule has 0 aliphatic rings. The number of hydrogen-bond donors (Lipinski definition) is 2. The Labute approximate surface area is 114 Å². The molecule has 100 valence electrons. The molecule has 0 fully saturated rings. The molecule has 0 spiro atoms. The zero-order chi connectivity index (χ0) is 13.9. The van der Waals surface area contributed by atoms with E-state index in [1.807, 2.05) is 6.92 Å². The van der Waals surface area contributed by atoms with Crippen LogP contribution in [0.4, 0.5) is 11.5 Å². The van der Waals surface area contributed by atoms with Crippen LogP contribution in [0.1, 0.15) is 25.8 Å². The number of rotatable bonds is 5. The molecule has 18 heavy (non-hydrogen) atoms. The van der Waals surface area contributed by atoms with Gasteiger partial charge in [-0.15, -0.1) is 0 Å². The first-order chi connectivity index (χ1) is 8.28. The molecule has 7 heteroatoms. The van der Waals surface area contributed by atoms with Gasteiger partial charge in [-0.25, -0.2) is 4.98 Å². The van der Waals surface area contributed by atoms with E-state index in [0.717, 1.165) is 0 Å². The highest BCUT2D eigenvalue weighted by Gasteiger charge is 2.20. The third-order valence-corrected chi connectivity index (χ3v) is 3.80. The van der Waals surface area contributed by atoms with Crippen molar-refractivity contribution in [3.05, 3.63) is 26.3 Å². The molecule has 0 aromatic carbocycles. The number of aliphatic hydroxyl groups is 1. The van der Waals surface area contributed by atoms with Crippen LogP contribution in [-0.4, -0.2) is 27.2 Å². The van der Waals surface area contributed by atoms with Crippen LogP contribution < -0.4 is 5.32 Å². The minimum Gasteiger partial charge on any atom is -0.388 e. The second kappa shape index (κ2) is 5.62. The first-order valence-electron chi connectivity index (χ1n) is 5.54. The van der Waals surface area contributed by atoms with E-state index < -0.39 is 10.5 Å². The summed E-state index contributed by atoms with van der Waals surface area (Å²) in [6.45, 7) is 5.57. The maximum atomic E-state index is 10.7. The molecule has 1 aromatic rings. The zero-order valence-electron chi connectivity index (χ0n) is 10.5. The van der Waals surface area contributed by atoms with Crippen LogP contribution in [0.2, 0.25) is 0 Å². The SMILES string of the molecule is CCC(C)(O)CNc1ncc([N+](=O)[O-])c(C)c1Br. The fourth-order valence-corrected chi connectivity index (χ4v) is 1.72. The Kier molecular flexibility index (Phi) is 4.64. The molecule has 1 heterocycles. The van der Waals surface area contributed by atoms with Crippen molar-refractivity contribution in [2.75, 3.05) is 11.9 Å². The van der Waals surface area contributed by atoms with Gasteiger partial charge < -0.3 is 10.4 Å². The van der Waals surface area contributed by atoms with Gasteiger partial charge in [0.05, 0.1) is 15.0 Å². The second-order valence-corrected chi connectivity index (χ2v) is 5.19. The molecule has 6 nitrogen and oxygen atoms in total. The summed E-state index contributed by atoms with van der Waals surface area (Å²) >= 11 is 3.28. The average molecular weight is 318 g/mol. The summed E-state index contributed by atoms with van der Waals surface area (Å²) in [5.41, 5.74) is -0.361. The van der Waals surface area contributed by atoms with E-state index >= 15 is 0 Å². The van der Waals surface area contributed by atoms with Crippen molar-refractivity contribution in [1.82, 2.24) is 4.98 Å². The fraction of sp³-hybridized carbons (Fsp3) is 0.545. The van der Waals surface area contributed by atoms with Gasteiger partial charge >= 0.3 is 0 Å². The normalized spacial score (nSPS) is 14.1. The van der Waals surface area contributed by atoms with Gasteiger partial charge in [-0.3, -0.25) is 10.1 Å². The largest absolute Gasteiger partial charge is 0.388 e. The lowest BCUT2D eigenvalue weighted by Gasteiger charge is -2.22. The standard InChI is InChI=1S/C11H16BrN3O3/c1-4-11(3,16)6-14-10-9(12)7(2)8(5-13-10)15(17)18/h5,16H,4,6H2,1-3H3,(H,13,14). The molecule has 1 unspecified atom stereocenters. The molecule has 1 atom stereocenters. The highest BCUT2D eigenvalue weighted by molar-refractivity contribution is 9.10. The second-order valence-electron chi connectivity index (χ2n) is 4.39. The number of halogens is 1. The molecule has 0 saturated carbocycles. The number of nitrogens with zero attached hydrogens (tertiary/aromatic N) is 2. The Balaban J connectivity index is 2.93. The van der Waals surface area contributed by atoms with Crippen molar-refractivity contribution in [1.29, 1.82) is 0 Å². The Hall–Kier alpha value is -1.21. The summed E-state index contributed by atoms with van der Waals surface area (Å²) in [5, 5.41) is 23.6. The van der Waals surface area contributed by atoms with E-state index in [1.165, 1.54) is 6.20 Å². The summed E-state index contributed by atoms with van der Waals surface area (Å²) in [4.78, 5) is 14.2. The van der Waals surface area contributed by atoms with Crippen LogP contribution in [0, 0.1) is 17.0 Å². The summed E-state index contributed by atoms with van der Waals surface area (Å²) in [5.74, 6) is 0.492. The van der Waals surface area contributed by atoms with Crippen LogP contribution in [0.5, 0.6) is 0 Å². The highest BCUT2D eigenvalue weighted by atomic mass is 79.9. The van der Waals surface area contributed by atoms with Crippen molar-refractivity contribution in [3.63, 3.8) is 0 Å². The van der Waals surface area contributed by atoms with E-state index in [4.69, 9.17) is 0 Å². The van der Waals surface area contributed by atoms with Gasteiger partial charge in [-0.2, -0.15) is 0 Å². The van der Waals surface area contributed by atoms with Gasteiger partial charge in [0.1, 0.15) is 12.0 Å². The Morgan fingerprint density at radius 1 is 1.67 bits per heavy atom. The average Bonchev–Trinajstić information content (AvgIpc) is 2.30. The Morgan fingerprint density at radius 3 is 2.78 bits per heavy atom. The molecular weight excluding hydrogens is 302 g/mol. The van der Waals surface area contributed by atoms with E-state index in [1.54, 1.807) is 13.8 Å². The molecule has 0 radical (unpaired) electrons. The van der Waals surface area contributed by atoms with Gasteiger partial charge in [-0.1, -0.05) is 6.92 Å². The number of nitro groups is 1. The predicted molar refractivity (Wildman–Crippen MR) is 72.7 cm³/mol. The smallest absolute Gasteiger partial charge is 0.291 e. The number of pyridine rings is 1. The quantitative estimate of drug-likeness (QED) is 0.643. The third kappa shape index (κ3) is 3.39. The number of hydrogen-bond acceptors (Lipinski definition) is 5. The molecule has 0 aliphatic carbocycles. The van der Waals surface area contributed by atoms with Crippen molar-refractivity contribution in [2.45, 2.75) is 32.8 Å². The third-order valence-electron chi connectivity index (χ3n) is 2.83. The summed E-state index contributed by atoms with van der Waals surface area (Å²) in [6, 6.07) is 0. The lowest BCUT2D eigenvalue weighted by Crippen LogP contribution is -2.32. The Morgan fingerprint density at radius 2 is 2.28 bits per heavy atom. The van der Waals surface area contributed by atoms with Crippen LogP contribution in [0.25, 0.3) is 0 Å². The molecule has 0 amide bonds. The minimum atomic E-state index is -0.837. The first-order valence-corrected chi connectivity index (χ1v) is 6.33. The van der Waals surface area contributed by atoms with Gasteiger partial charge in [-0.05, 0) is 36.2 Å². The maximum absolute atomic E-state index is 10.7. The van der Waals surface area contributed by atoms with Gasteiger partial charge in [0.25, 0.3) is 5.69 Å². The van der Waals surface area contributed by atoms with Crippen molar-refractivity contribution >= 4 is 27.4 Å². The van der Waals surface area contributed by atoms with Gasteiger partial charge in [0.15, 0.2) is 0 Å². The van der Waals surface area contributed by atoms with E-state index in [2.05, 4.69) is 26.2 Å². The molecule has 0 aliphatic heterocycles. The van der Waals surface area contributed by atoms with Crippen molar-refractivity contribution < 1.29 is 10.0 Å². The number of nitrogens with one attached hydrogen (secondary N) is 1. The molecular formula is C11H16BrN3O3. The lowest BCUT2D eigenvalue weighted by molar-refractivity contribution is -0.385. The monoisotopic (exact) mass is 317 g/mol. The predicted octanol–water partition coefficient (Wildman–Crippen LogP) is 2.63. The lowest BCUT2D eigenvalue weighted by atomic mass is 10.0. The van der Waals surface area contributed by atoms with Crippen molar-refractivity contribution in [3.8, 4) is 0 Å². The van der Waals surface area contributed by atoms with Gasteiger partial charge in [0, 0.05) is 12.1 Å². The summed E-state index contributed by atoms with van der Waals surface area (Å²) < 4.78 is 0.545. The molecule has 0 bridgehead atoms. The fourth-order valence-electron chi connectivity index (χ4n) is 1.28. The van der Waals surface area contributed by atoms with Crippen molar-refractivity contribution in [2.24, 2.45) is 0 Å².